The number of hydrogen-bond donors (Lipinski definition) is 0. The molecule has 0 aliphatic carbocycles. The zero-order valence-corrected chi connectivity index (χ0v) is 9.08. The molecule has 16 heavy (non-hydrogen) atoms. The molecule has 82 valence electrons. The molecule has 1 aromatic carbocycles. The average molecular weight is 240 g/mol. The van der Waals surface area contributed by atoms with Gasteiger partial charge >= 0.3 is 5.97 Å². The predicted molar refractivity (Wildman–Crippen MR) is 58.1 cm³/mol. The van der Waals surface area contributed by atoms with Gasteiger partial charge < -0.3 is 4.74 Å². The van der Waals surface area contributed by atoms with Crippen LogP contribution in [0.5, 0.6) is 0 Å². The van der Waals surface area contributed by atoms with Crippen LogP contribution in [0.2, 0.25) is 5.02 Å². The minimum absolute atomic E-state index is 0.142. The van der Waals surface area contributed by atoms with Crippen LogP contribution in [0.4, 0.5) is 4.39 Å². The Labute approximate surface area is 95.8 Å². The number of pyridine rings is 1. The first kappa shape index (κ1) is 10.8. The number of rotatable bonds is 1. The van der Waals surface area contributed by atoms with Gasteiger partial charge in [0.05, 0.1) is 17.6 Å². The van der Waals surface area contributed by atoms with Gasteiger partial charge in [0.1, 0.15) is 11.5 Å². The smallest absolute Gasteiger partial charge is 0.356 e. The van der Waals surface area contributed by atoms with Crippen molar-refractivity contribution in [2.75, 3.05) is 7.11 Å². The molecule has 5 heteroatoms. The van der Waals surface area contributed by atoms with Crippen molar-refractivity contribution < 1.29 is 13.9 Å². The maximum atomic E-state index is 13.0. The number of benzene rings is 1. The van der Waals surface area contributed by atoms with E-state index < -0.39 is 11.8 Å². The van der Waals surface area contributed by atoms with Gasteiger partial charge in [-0.25, -0.2) is 14.2 Å². The summed E-state index contributed by atoms with van der Waals surface area (Å²) in [6, 6.07) is 5.49. The van der Waals surface area contributed by atoms with Crippen LogP contribution in [0.15, 0.2) is 24.3 Å². The van der Waals surface area contributed by atoms with Crippen LogP contribution in [0, 0.1) is 5.82 Å². The number of carbonyl (C=O) groups excluding carboxylic acids is 1. The van der Waals surface area contributed by atoms with Gasteiger partial charge in [0.2, 0.25) is 0 Å². The van der Waals surface area contributed by atoms with Crippen molar-refractivity contribution in [3.63, 3.8) is 0 Å². The first-order chi connectivity index (χ1) is 7.61. The third kappa shape index (κ3) is 1.84. The zero-order chi connectivity index (χ0) is 11.7. The molecule has 0 spiro atoms. The molecule has 2 aromatic rings. The molecular formula is C11H7ClFNO2. The summed E-state index contributed by atoms with van der Waals surface area (Å²) < 4.78 is 17.5. The van der Waals surface area contributed by atoms with E-state index in [0.29, 0.717) is 10.9 Å². The van der Waals surface area contributed by atoms with Gasteiger partial charge in [-0.1, -0.05) is 17.7 Å². The molecular weight excluding hydrogens is 233 g/mol. The number of nitrogens with zero attached hydrogens (tertiary/aromatic N) is 1. The first-order valence-corrected chi connectivity index (χ1v) is 4.84. The lowest BCUT2D eigenvalue weighted by atomic mass is 10.2. The van der Waals surface area contributed by atoms with Crippen LogP contribution in [0.3, 0.4) is 0 Å². The summed E-state index contributed by atoms with van der Waals surface area (Å²) >= 11 is 5.83. The van der Waals surface area contributed by atoms with Crippen molar-refractivity contribution in [2.24, 2.45) is 0 Å². The molecule has 0 unspecified atom stereocenters. The molecule has 0 aliphatic heterocycles. The molecule has 0 saturated carbocycles. The number of hydrogen-bond acceptors (Lipinski definition) is 3. The molecule has 0 bridgehead atoms. The van der Waals surface area contributed by atoms with Crippen LogP contribution in [0.1, 0.15) is 10.5 Å². The van der Waals surface area contributed by atoms with Gasteiger partial charge in [-0.2, -0.15) is 0 Å². The molecule has 0 amide bonds. The average Bonchev–Trinajstić information content (AvgIpc) is 2.27. The van der Waals surface area contributed by atoms with E-state index in [-0.39, 0.29) is 10.7 Å². The minimum atomic E-state index is -0.553. The number of fused-ring (bicyclic) bond motifs is 1. The normalized spacial score (nSPS) is 10.4. The van der Waals surface area contributed by atoms with Crippen molar-refractivity contribution in [2.45, 2.75) is 0 Å². The van der Waals surface area contributed by atoms with Gasteiger partial charge in [-0.05, 0) is 18.2 Å². The number of methoxy groups -OCH3 is 1. The lowest BCUT2D eigenvalue weighted by Gasteiger charge is -2.03. The summed E-state index contributed by atoms with van der Waals surface area (Å²) in [7, 11) is 1.26. The van der Waals surface area contributed by atoms with Crippen molar-refractivity contribution in [1.82, 2.24) is 4.98 Å². The third-order valence-electron chi connectivity index (χ3n) is 2.11. The minimum Gasteiger partial charge on any atom is -0.464 e. The summed E-state index contributed by atoms with van der Waals surface area (Å²) in [4.78, 5) is 15.2. The highest BCUT2D eigenvalue weighted by atomic mass is 35.5. The lowest BCUT2D eigenvalue weighted by molar-refractivity contribution is 0.0594. The topological polar surface area (TPSA) is 39.2 Å². The Balaban J connectivity index is 2.66. The molecule has 0 fully saturated rings. The highest BCUT2D eigenvalue weighted by Gasteiger charge is 2.10. The molecule has 0 radical (unpaired) electrons. The van der Waals surface area contributed by atoms with E-state index in [1.165, 1.54) is 19.2 Å². The standard InChI is InChI=1S/C11H7ClFNO2/c1-16-11(15)9-3-2-6-4-7(13)5-8(12)10(6)14-9/h2-5H,1H3. The number of aromatic nitrogens is 1. The summed E-state index contributed by atoms with van der Waals surface area (Å²) in [5.41, 5.74) is 0.523. The van der Waals surface area contributed by atoms with Gasteiger partial charge in [0.25, 0.3) is 0 Å². The Bertz CT molecular complexity index is 571. The summed E-state index contributed by atoms with van der Waals surface area (Å²) in [5.74, 6) is -0.993. The molecule has 3 nitrogen and oxygen atoms in total. The van der Waals surface area contributed by atoms with E-state index in [4.69, 9.17) is 11.6 Å². The predicted octanol–water partition coefficient (Wildman–Crippen LogP) is 2.81. The molecule has 1 heterocycles. The van der Waals surface area contributed by atoms with Gasteiger partial charge in [-0.3, -0.25) is 0 Å². The summed E-state index contributed by atoms with van der Waals surface area (Å²) in [6.45, 7) is 0. The number of esters is 1. The van der Waals surface area contributed by atoms with Crippen LogP contribution < -0.4 is 0 Å². The fraction of sp³-hybridized carbons (Fsp3) is 0.0909. The van der Waals surface area contributed by atoms with E-state index in [9.17, 15) is 9.18 Å². The second kappa shape index (κ2) is 4.06. The van der Waals surface area contributed by atoms with Crippen molar-refractivity contribution in [3.8, 4) is 0 Å². The van der Waals surface area contributed by atoms with Crippen molar-refractivity contribution in [1.29, 1.82) is 0 Å². The van der Waals surface area contributed by atoms with Gasteiger partial charge in [-0.15, -0.1) is 0 Å². The first-order valence-electron chi connectivity index (χ1n) is 4.46. The molecule has 0 N–H and O–H groups in total. The zero-order valence-electron chi connectivity index (χ0n) is 8.33. The Morgan fingerprint density at radius 2 is 2.19 bits per heavy atom. The monoisotopic (exact) mass is 239 g/mol. The number of halogens is 2. The third-order valence-corrected chi connectivity index (χ3v) is 2.39. The van der Waals surface area contributed by atoms with Crippen LogP contribution in [0.25, 0.3) is 10.9 Å². The maximum Gasteiger partial charge on any atom is 0.356 e. The maximum absolute atomic E-state index is 13.0. The Morgan fingerprint density at radius 1 is 1.44 bits per heavy atom. The lowest BCUT2D eigenvalue weighted by Crippen LogP contribution is -2.04. The van der Waals surface area contributed by atoms with E-state index in [0.717, 1.165) is 6.07 Å². The van der Waals surface area contributed by atoms with Crippen LogP contribution in [-0.4, -0.2) is 18.1 Å². The van der Waals surface area contributed by atoms with Crippen molar-refractivity contribution in [3.05, 3.63) is 40.8 Å². The van der Waals surface area contributed by atoms with Crippen molar-refractivity contribution >= 4 is 28.5 Å². The Kier molecular flexibility index (Phi) is 2.75. The SMILES string of the molecule is COC(=O)c1ccc2cc(F)cc(Cl)c2n1. The second-order valence-electron chi connectivity index (χ2n) is 3.15. The largest absolute Gasteiger partial charge is 0.464 e. The molecule has 0 atom stereocenters. The summed E-state index contributed by atoms with van der Waals surface area (Å²) in [5, 5.41) is 0.707. The molecule has 0 aliphatic rings. The highest BCUT2D eigenvalue weighted by molar-refractivity contribution is 6.35. The summed E-state index contributed by atoms with van der Waals surface area (Å²) in [6.07, 6.45) is 0. The van der Waals surface area contributed by atoms with E-state index in [1.54, 1.807) is 6.07 Å². The fourth-order valence-corrected chi connectivity index (χ4v) is 1.63. The van der Waals surface area contributed by atoms with Gasteiger partial charge in [0.15, 0.2) is 0 Å². The number of ether oxygens (including phenoxy) is 1. The molecule has 2 rings (SSSR count). The fourth-order valence-electron chi connectivity index (χ4n) is 1.38. The second-order valence-corrected chi connectivity index (χ2v) is 3.55. The Hall–Kier alpha value is -1.68. The Morgan fingerprint density at radius 3 is 2.88 bits per heavy atom. The van der Waals surface area contributed by atoms with Gasteiger partial charge in [0, 0.05) is 5.39 Å². The number of carbonyl (C=O) groups is 1. The quantitative estimate of drug-likeness (QED) is 0.719. The molecule has 0 saturated heterocycles. The molecule has 1 aromatic heterocycles. The van der Waals surface area contributed by atoms with Crippen LogP contribution >= 0.6 is 11.6 Å². The van der Waals surface area contributed by atoms with E-state index >= 15 is 0 Å². The van der Waals surface area contributed by atoms with E-state index in [1.807, 2.05) is 0 Å². The van der Waals surface area contributed by atoms with Crippen LogP contribution in [-0.2, 0) is 4.74 Å². The van der Waals surface area contributed by atoms with E-state index in [2.05, 4.69) is 9.72 Å². The highest BCUT2D eigenvalue weighted by Crippen LogP contribution is 2.23.